The Morgan fingerprint density at radius 2 is 2.17 bits per heavy atom. The Labute approximate surface area is 122 Å². The smallest absolute Gasteiger partial charge is 0.162 e. The molecule has 2 N–H and O–H groups in total. The van der Waals surface area contributed by atoms with Gasteiger partial charge in [-0.2, -0.15) is 0 Å². The molecule has 5 heteroatoms. The highest BCUT2D eigenvalue weighted by Gasteiger charge is 2.39. The highest BCUT2D eigenvalue weighted by molar-refractivity contribution is 14.1. The third kappa shape index (κ3) is 2.77. The first-order valence-corrected chi connectivity index (χ1v) is 7.57. The number of nitrogen functional groups attached to an aromatic ring is 1. The van der Waals surface area contributed by atoms with Crippen molar-refractivity contribution in [1.29, 1.82) is 0 Å². The van der Waals surface area contributed by atoms with Crippen LogP contribution in [0.2, 0.25) is 0 Å². The van der Waals surface area contributed by atoms with E-state index in [1.807, 2.05) is 6.92 Å². The van der Waals surface area contributed by atoms with Gasteiger partial charge in [-0.25, -0.2) is 9.97 Å². The van der Waals surface area contributed by atoms with Gasteiger partial charge < -0.3 is 10.5 Å². The fraction of sp³-hybridized carbons (Fsp3) is 0.692. The van der Waals surface area contributed by atoms with Gasteiger partial charge in [0.05, 0.1) is 3.57 Å². The number of anilines is 1. The minimum Gasteiger partial charge on any atom is -0.383 e. The molecule has 1 fully saturated rings. The van der Waals surface area contributed by atoms with Crippen molar-refractivity contribution in [3.8, 4) is 0 Å². The van der Waals surface area contributed by atoms with E-state index >= 15 is 0 Å². The maximum absolute atomic E-state index is 6.02. The van der Waals surface area contributed by atoms with Gasteiger partial charge in [-0.15, -0.1) is 0 Å². The number of halogens is 1. The Hall–Kier alpha value is -0.430. The first-order chi connectivity index (χ1) is 8.57. The number of ether oxygens (including phenoxy) is 1. The van der Waals surface area contributed by atoms with E-state index in [0.717, 1.165) is 41.0 Å². The van der Waals surface area contributed by atoms with Crippen molar-refractivity contribution in [2.24, 2.45) is 5.92 Å². The van der Waals surface area contributed by atoms with Gasteiger partial charge in [0.15, 0.2) is 5.82 Å². The quantitative estimate of drug-likeness (QED) is 0.841. The summed E-state index contributed by atoms with van der Waals surface area (Å²) in [6.45, 7) is 5.00. The lowest BCUT2D eigenvalue weighted by Crippen LogP contribution is -2.36. The standard InChI is InChI=1S/C13H20IN3O/c1-3-18-13(6-4-9(2)5-7-13)12-16-8-10(14)11(15)17-12/h8-9H,3-7H2,1-2H3,(H2,15,16,17). The highest BCUT2D eigenvalue weighted by Crippen LogP contribution is 2.41. The van der Waals surface area contributed by atoms with Crippen LogP contribution < -0.4 is 5.73 Å². The van der Waals surface area contributed by atoms with E-state index < -0.39 is 0 Å². The van der Waals surface area contributed by atoms with Gasteiger partial charge in [0.2, 0.25) is 0 Å². The van der Waals surface area contributed by atoms with Crippen LogP contribution in [0, 0.1) is 9.49 Å². The summed E-state index contributed by atoms with van der Waals surface area (Å²) >= 11 is 2.15. The lowest BCUT2D eigenvalue weighted by Gasteiger charge is -2.37. The first-order valence-electron chi connectivity index (χ1n) is 6.50. The molecule has 0 spiro atoms. The van der Waals surface area contributed by atoms with Crippen LogP contribution in [0.4, 0.5) is 5.82 Å². The molecule has 1 heterocycles. The van der Waals surface area contributed by atoms with E-state index in [-0.39, 0.29) is 5.60 Å². The van der Waals surface area contributed by atoms with Crippen molar-refractivity contribution in [2.75, 3.05) is 12.3 Å². The molecule has 0 aromatic carbocycles. The van der Waals surface area contributed by atoms with Crippen LogP contribution in [0.15, 0.2) is 6.20 Å². The predicted octanol–water partition coefficient (Wildman–Crippen LogP) is 3.11. The predicted molar refractivity (Wildman–Crippen MR) is 80.1 cm³/mol. The van der Waals surface area contributed by atoms with E-state index in [4.69, 9.17) is 10.5 Å². The molecular weight excluding hydrogens is 341 g/mol. The van der Waals surface area contributed by atoms with Crippen LogP contribution in [-0.2, 0) is 10.3 Å². The molecule has 2 rings (SSSR count). The van der Waals surface area contributed by atoms with Gasteiger partial charge in [0, 0.05) is 12.8 Å². The average molecular weight is 361 g/mol. The summed E-state index contributed by atoms with van der Waals surface area (Å²) in [6.07, 6.45) is 6.09. The summed E-state index contributed by atoms with van der Waals surface area (Å²) in [5.74, 6) is 2.08. The number of aromatic nitrogens is 2. The third-order valence-electron chi connectivity index (χ3n) is 3.68. The number of hydrogen-bond donors (Lipinski definition) is 1. The summed E-state index contributed by atoms with van der Waals surface area (Å²) in [5.41, 5.74) is 5.58. The summed E-state index contributed by atoms with van der Waals surface area (Å²) in [4.78, 5) is 8.90. The van der Waals surface area contributed by atoms with Crippen LogP contribution in [0.25, 0.3) is 0 Å². The number of nitrogens with zero attached hydrogens (tertiary/aromatic N) is 2. The van der Waals surface area contributed by atoms with Crippen molar-refractivity contribution in [1.82, 2.24) is 9.97 Å². The molecule has 1 aromatic heterocycles. The fourth-order valence-corrected chi connectivity index (χ4v) is 2.80. The van der Waals surface area contributed by atoms with E-state index in [0.29, 0.717) is 12.4 Å². The largest absolute Gasteiger partial charge is 0.383 e. The van der Waals surface area contributed by atoms with Crippen molar-refractivity contribution in [2.45, 2.75) is 45.1 Å². The zero-order valence-corrected chi connectivity index (χ0v) is 13.1. The maximum atomic E-state index is 6.02. The highest BCUT2D eigenvalue weighted by atomic mass is 127. The minimum absolute atomic E-state index is 0.320. The van der Waals surface area contributed by atoms with Gasteiger partial charge in [0.1, 0.15) is 11.4 Å². The Morgan fingerprint density at radius 1 is 1.50 bits per heavy atom. The molecule has 1 aliphatic carbocycles. The lowest BCUT2D eigenvalue weighted by atomic mass is 9.79. The Bertz CT molecular complexity index is 417. The topological polar surface area (TPSA) is 61.0 Å². The van der Waals surface area contributed by atoms with Crippen LogP contribution >= 0.6 is 22.6 Å². The molecular formula is C13H20IN3O. The average Bonchev–Trinajstić information content (AvgIpc) is 2.36. The number of nitrogens with two attached hydrogens (primary N) is 1. The zero-order valence-electron chi connectivity index (χ0n) is 10.9. The summed E-state index contributed by atoms with van der Waals surface area (Å²) in [5, 5.41) is 0. The first kappa shape index (κ1) is 14.0. The lowest BCUT2D eigenvalue weighted by molar-refractivity contribution is -0.0836. The van der Waals surface area contributed by atoms with Gasteiger partial charge in [0.25, 0.3) is 0 Å². The molecule has 1 saturated carbocycles. The molecule has 0 unspecified atom stereocenters. The second kappa shape index (κ2) is 5.69. The normalized spacial score (nSPS) is 28.3. The minimum atomic E-state index is -0.320. The zero-order chi connectivity index (χ0) is 13.2. The van der Waals surface area contributed by atoms with Crippen LogP contribution in [-0.4, -0.2) is 16.6 Å². The van der Waals surface area contributed by atoms with E-state index in [1.54, 1.807) is 6.20 Å². The van der Waals surface area contributed by atoms with Crippen LogP contribution in [0.1, 0.15) is 45.4 Å². The number of hydrogen-bond acceptors (Lipinski definition) is 4. The summed E-state index contributed by atoms with van der Waals surface area (Å²) in [7, 11) is 0. The van der Waals surface area contributed by atoms with Gasteiger partial charge in [-0.1, -0.05) is 6.92 Å². The monoisotopic (exact) mass is 361 g/mol. The molecule has 0 aliphatic heterocycles. The van der Waals surface area contributed by atoms with Crippen molar-refractivity contribution >= 4 is 28.4 Å². The molecule has 0 atom stereocenters. The Balaban J connectivity index is 2.31. The molecule has 0 bridgehead atoms. The van der Waals surface area contributed by atoms with Crippen molar-refractivity contribution in [3.63, 3.8) is 0 Å². The molecule has 1 aromatic rings. The SMILES string of the molecule is CCOC1(c2ncc(I)c(N)n2)CCC(C)CC1. The fourth-order valence-electron chi connectivity index (χ4n) is 2.54. The maximum Gasteiger partial charge on any atom is 0.162 e. The van der Waals surface area contributed by atoms with Crippen molar-refractivity contribution < 1.29 is 4.74 Å². The van der Waals surface area contributed by atoms with Crippen LogP contribution in [0.5, 0.6) is 0 Å². The molecule has 1 aliphatic rings. The summed E-state index contributed by atoms with van der Waals surface area (Å²) < 4.78 is 6.91. The second-order valence-corrected chi connectivity index (χ2v) is 6.20. The van der Waals surface area contributed by atoms with E-state index in [1.165, 1.54) is 0 Å². The Kier molecular flexibility index (Phi) is 4.42. The molecule has 18 heavy (non-hydrogen) atoms. The third-order valence-corrected chi connectivity index (χ3v) is 4.51. The molecule has 100 valence electrons. The second-order valence-electron chi connectivity index (χ2n) is 5.04. The summed E-state index contributed by atoms with van der Waals surface area (Å²) in [6, 6.07) is 0. The molecule has 0 amide bonds. The molecule has 4 nitrogen and oxygen atoms in total. The van der Waals surface area contributed by atoms with Gasteiger partial charge >= 0.3 is 0 Å². The Morgan fingerprint density at radius 3 is 2.72 bits per heavy atom. The van der Waals surface area contributed by atoms with E-state index in [9.17, 15) is 0 Å². The molecule has 0 saturated heterocycles. The number of rotatable bonds is 3. The van der Waals surface area contributed by atoms with Gasteiger partial charge in [-0.3, -0.25) is 0 Å². The molecule has 0 radical (unpaired) electrons. The van der Waals surface area contributed by atoms with Gasteiger partial charge in [-0.05, 0) is 61.1 Å². The van der Waals surface area contributed by atoms with Crippen LogP contribution in [0.3, 0.4) is 0 Å². The van der Waals surface area contributed by atoms with E-state index in [2.05, 4.69) is 39.5 Å². The van der Waals surface area contributed by atoms with Crippen molar-refractivity contribution in [3.05, 3.63) is 15.6 Å².